The van der Waals surface area contributed by atoms with Crippen molar-refractivity contribution < 1.29 is 17.7 Å². The normalized spacial score (nSPS) is 12.6. The van der Waals surface area contributed by atoms with E-state index >= 15 is 0 Å². The fraction of sp³-hybridized carbons (Fsp3) is 0. The molecule has 0 aliphatic heterocycles. The van der Waals surface area contributed by atoms with Gasteiger partial charge in [-0.25, -0.2) is 0 Å². The van der Waals surface area contributed by atoms with Gasteiger partial charge in [-0.15, -0.1) is 0 Å². The summed E-state index contributed by atoms with van der Waals surface area (Å²) >= 11 is 0. The van der Waals surface area contributed by atoms with Gasteiger partial charge in [-0.3, -0.25) is 0 Å². The highest BCUT2D eigenvalue weighted by Gasteiger charge is 2.42. The predicted molar refractivity (Wildman–Crippen MR) is 328 cm³/mol. The van der Waals surface area contributed by atoms with Gasteiger partial charge in [0, 0.05) is 76.0 Å². The lowest BCUT2D eigenvalue weighted by Crippen LogP contribution is -2.74. The Morgan fingerprint density at radius 3 is 0.835 bits per heavy atom. The number of hydrogen-bond acceptors (Lipinski definition) is 4. The SMILES string of the molecule is c1ccc([Si](c2ccccc2)(c2ccc3oc4ccc5oc6ccc(-n7c8ccccc8c8ccccc87)cc6c5c4c3c2)c2ccc3oc4ccc5oc6ccc(-n7c8ccccc8c8ccccc87)cc6c5c4c3c2)cc1. The van der Waals surface area contributed by atoms with E-state index in [0.29, 0.717) is 0 Å². The molecule has 0 saturated heterocycles. The maximum Gasteiger partial charge on any atom is 0.179 e. The van der Waals surface area contributed by atoms with Crippen LogP contribution in [0.3, 0.4) is 0 Å². The molecule has 79 heavy (non-hydrogen) atoms. The number of hydrogen-bond donors (Lipinski definition) is 0. The van der Waals surface area contributed by atoms with Crippen LogP contribution in [0.1, 0.15) is 0 Å². The van der Waals surface area contributed by atoms with Crippen molar-refractivity contribution in [1.82, 2.24) is 9.13 Å². The van der Waals surface area contributed by atoms with Crippen LogP contribution in [-0.4, -0.2) is 17.2 Å². The number of para-hydroxylation sites is 4. The van der Waals surface area contributed by atoms with E-state index in [2.05, 4.69) is 264 Å². The second-order valence-electron chi connectivity index (χ2n) is 21.0. The average Bonchev–Trinajstić information content (AvgIpc) is 4.56. The highest BCUT2D eigenvalue weighted by molar-refractivity contribution is 7.20. The topological polar surface area (TPSA) is 62.4 Å². The largest absolute Gasteiger partial charge is 0.456 e. The fourth-order valence-corrected chi connectivity index (χ4v) is 18.5. The van der Waals surface area contributed by atoms with E-state index < -0.39 is 8.07 Å². The third-order valence-electron chi connectivity index (χ3n) is 17.1. The molecule has 6 aromatic heterocycles. The molecule has 12 aromatic carbocycles. The quantitative estimate of drug-likeness (QED) is 0.123. The molecule has 0 amide bonds. The molecule has 6 nitrogen and oxygen atoms in total. The maximum atomic E-state index is 6.87. The van der Waals surface area contributed by atoms with Crippen LogP contribution in [0.4, 0.5) is 0 Å². The van der Waals surface area contributed by atoms with Gasteiger partial charge in [-0.1, -0.05) is 158 Å². The highest BCUT2D eigenvalue weighted by atomic mass is 28.3. The minimum atomic E-state index is -3.20. The van der Waals surface area contributed by atoms with E-state index in [1.54, 1.807) is 0 Å². The third kappa shape index (κ3) is 5.83. The van der Waals surface area contributed by atoms with Crippen LogP contribution in [0.2, 0.25) is 0 Å². The number of nitrogens with zero attached hydrogens (tertiary/aromatic N) is 2. The lowest BCUT2D eigenvalue weighted by molar-refractivity contribution is 0.663. The summed E-state index contributed by atoms with van der Waals surface area (Å²) in [6.45, 7) is 0. The van der Waals surface area contributed by atoms with Crippen molar-refractivity contribution in [3.05, 3.63) is 255 Å². The van der Waals surface area contributed by atoms with E-state index in [-0.39, 0.29) is 0 Å². The summed E-state index contributed by atoms with van der Waals surface area (Å²) in [6, 6.07) is 92.2. The van der Waals surface area contributed by atoms with Crippen LogP contribution in [0, 0.1) is 0 Å². The molecule has 0 radical (unpaired) electrons. The van der Waals surface area contributed by atoms with Crippen LogP contribution in [-0.2, 0) is 0 Å². The molecular formula is C72H42N2O4Si. The summed E-state index contributed by atoms with van der Waals surface area (Å²) in [5.41, 5.74) is 13.4. The van der Waals surface area contributed by atoms with Gasteiger partial charge in [0.1, 0.15) is 44.7 Å². The monoisotopic (exact) mass is 1030 g/mol. The number of rotatable bonds is 6. The Labute approximate surface area is 450 Å². The summed E-state index contributed by atoms with van der Waals surface area (Å²) in [5, 5.41) is 18.3. The molecule has 0 spiro atoms. The van der Waals surface area contributed by atoms with Crippen molar-refractivity contribution in [3.63, 3.8) is 0 Å². The molecule has 18 aromatic rings. The van der Waals surface area contributed by atoms with Crippen LogP contribution >= 0.6 is 0 Å². The van der Waals surface area contributed by atoms with Crippen LogP contribution in [0.15, 0.2) is 272 Å². The first kappa shape index (κ1) is 42.8. The van der Waals surface area contributed by atoms with Crippen molar-refractivity contribution in [1.29, 1.82) is 0 Å². The van der Waals surface area contributed by atoms with Crippen molar-refractivity contribution in [2.75, 3.05) is 0 Å². The summed E-state index contributed by atoms with van der Waals surface area (Å²) in [7, 11) is -3.20. The molecule has 6 heterocycles. The molecule has 0 aliphatic rings. The molecule has 0 saturated carbocycles. The summed E-state index contributed by atoms with van der Waals surface area (Å²) in [5.74, 6) is 0. The lowest BCUT2D eigenvalue weighted by Gasteiger charge is -2.34. The Morgan fingerprint density at radius 2 is 0.494 bits per heavy atom. The zero-order valence-corrected chi connectivity index (χ0v) is 43.3. The third-order valence-corrected chi connectivity index (χ3v) is 21.8. The molecule has 18 rings (SSSR count). The molecule has 0 atom stereocenters. The van der Waals surface area contributed by atoms with Crippen molar-refractivity contribution in [2.45, 2.75) is 0 Å². The van der Waals surface area contributed by atoms with Gasteiger partial charge in [0.25, 0.3) is 0 Å². The smallest absolute Gasteiger partial charge is 0.179 e. The van der Waals surface area contributed by atoms with Crippen molar-refractivity contribution in [3.8, 4) is 11.4 Å². The van der Waals surface area contributed by atoms with Gasteiger partial charge in [-0.2, -0.15) is 0 Å². The molecule has 0 N–H and O–H groups in total. The first-order chi connectivity index (χ1) is 39.2. The van der Waals surface area contributed by atoms with E-state index in [0.717, 1.165) is 121 Å². The minimum absolute atomic E-state index is 0.820. The van der Waals surface area contributed by atoms with Gasteiger partial charge >= 0.3 is 0 Å². The number of aromatic nitrogens is 2. The number of fused-ring (bicyclic) bond motifs is 20. The van der Waals surface area contributed by atoms with Gasteiger partial charge in [-0.05, 0) is 118 Å². The molecule has 0 aliphatic carbocycles. The van der Waals surface area contributed by atoms with E-state index in [4.69, 9.17) is 17.7 Å². The first-order valence-electron chi connectivity index (χ1n) is 26.9. The highest BCUT2D eigenvalue weighted by Crippen LogP contribution is 2.44. The summed E-state index contributed by atoms with van der Waals surface area (Å²) in [4.78, 5) is 0. The molecule has 0 fully saturated rings. The zero-order chi connectivity index (χ0) is 51.5. The Morgan fingerprint density at radius 1 is 0.215 bits per heavy atom. The minimum Gasteiger partial charge on any atom is -0.456 e. The molecule has 0 unspecified atom stereocenters. The summed E-state index contributed by atoms with van der Waals surface area (Å²) < 4.78 is 32.0. The summed E-state index contributed by atoms with van der Waals surface area (Å²) in [6.07, 6.45) is 0. The predicted octanol–water partition coefficient (Wildman–Crippen LogP) is 16.9. The van der Waals surface area contributed by atoms with Gasteiger partial charge in [0.05, 0.1) is 22.1 Å². The van der Waals surface area contributed by atoms with Crippen LogP contribution in [0.25, 0.3) is 143 Å². The molecule has 368 valence electrons. The van der Waals surface area contributed by atoms with Crippen LogP contribution < -0.4 is 20.7 Å². The Balaban J connectivity index is 0.889. The van der Waals surface area contributed by atoms with E-state index in [1.165, 1.54) is 42.3 Å². The Kier molecular flexibility index (Phi) is 8.60. The van der Waals surface area contributed by atoms with Crippen LogP contribution in [0.5, 0.6) is 0 Å². The molecule has 0 bridgehead atoms. The standard InChI is InChI=1S/C72H42N2O4Si/c1-3-15-45(16-4-1)79(46-17-5-2-6-18-46,47-29-33-63-55(41-47)71-67(77-63)37-35-65-69(71)53-39-43(27-31-61(53)75-65)73-57-23-11-7-19-49(57)50-20-8-12-24-58(50)73)48-30-34-64-56(42-48)72-68(78-64)38-36-66-70(72)54-40-44(28-32-62(54)76-66)74-59-25-13-9-21-51(59)52-22-10-14-26-60(52)74/h1-42H. The fourth-order valence-electron chi connectivity index (χ4n) is 13.8. The zero-order valence-electron chi connectivity index (χ0n) is 42.3. The average molecular weight is 1030 g/mol. The Bertz CT molecular complexity index is 5120. The first-order valence-corrected chi connectivity index (χ1v) is 28.9. The van der Waals surface area contributed by atoms with E-state index in [9.17, 15) is 0 Å². The van der Waals surface area contributed by atoms with Crippen molar-refractivity contribution >= 4 is 160 Å². The lowest BCUT2D eigenvalue weighted by atomic mass is 10.0. The van der Waals surface area contributed by atoms with Gasteiger partial charge in [0.15, 0.2) is 8.07 Å². The Hall–Kier alpha value is -10.3. The molecule has 7 heteroatoms. The number of benzene rings is 12. The second-order valence-corrected chi connectivity index (χ2v) is 24.8. The van der Waals surface area contributed by atoms with Gasteiger partial charge < -0.3 is 26.8 Å². The van der Waals surface area contributed by atoms with Gasteiger partial charge in [0.2, 0.25) is 0 Å². The second kappa shape index (κ2) is 15.9. The maximum absolute atomic E-state index is 6.87. The number of furan rings is 4. The molecular weight excluding hydrogens is 985 g/mol. The van der Waals surface area contributed by atoms with Crippen molar-refractivity contribution in [2.24, 2.45) is 0 Å². The van der Waals surface area contributed by atoms with E-state index in [1.807, 2.05) is 0 Å².